The summed E-state index contributed by atoms with van der Waals surface area (Å²) in [6.07, 6.45) is 5.74. The molecule has 1 saturated carbocycles. The molecule has 0 radical (unpaired) electrons. The topological polar surface area (TPSA) is 54.0 Å². The predicted molar refractivity (Wildman–Crippen MR) is 59.9 cm³/mol. The third-order valence-corrected chi connectivity index (χ3v) is 3.19. The summed E-state index contributed by atoms with van der Waals surface area (Å²) in [6, 6.07) is 0. The lowest BCUT2D eigenvalue weighted by Gasteiger charge is -2.20. The summed E-state index contributed by atoms with van der Waals surface area (Å²) < 4.78 is 31.3. The monoisotopic (exact) mass is 252 g/mol. The smallest absolute Gasteiger partial charge is 0.182 e. The SMILES string of the molecule is COCOCOCS(=O)OC1CCCCC1. The fraction of sp³-hybridized carbons (Fsp3) is 1.00. The molecular weight excluding hydrogens is 232 g/mol. The summed E-state index contributed by atoms with van der Waals surface area (Å²) in [4.78, 5) is 0. The lowest BCUT2D eigenvalue weighted by Crippen LogP contribution is -2.20. The second kappa shape index (κ2) is 9.07. The van der Waals surface area contributed by atoms with E-state index in [0.717, 1.165) is 12.8 Å². The van der Waals surface area contributed by atoms with Crippen molar-refractivity contribution in [3.05, 3.63) is 0 Å². The lowest BCUT2D eigenvalue weighted by molar-refractivity contribution is -0.112. The third kappa shape index (κ3) is 6.55. The van der Waals surface area contributed by atoms with Crippen LogP contribution in [0.25, 0.3) is 0 Å². The number of ether oxygens (including phenoxy) is 3. The largest absolute Gasteiger partial charge is 0.359 e. The van der Waals surface area contributed by atoms with Gasteiger partial charge in [0.15, 0.2) is 23.8 Å². The minimum absolute atomic E-state index is 0.0558. The van der Waals surface area contributed by atoms with Crippen LogP contribution in [0.2, 0.25) is 0 Å². The molecule has 1 atom stereocenters. The third-order valence-electron chi connectivity index (χ3n) is 2.34. The molecule has 96 valence electrons. The van der Waals surface area contributed by atoms with E-state index in [0.29, 0.717) is 0 Å². The van der Waals surface area contributed by atoms with Gasteiger partial charge in [-0.2, -0.15) is 0 Å². The van der Waals surface area contributed by atoms with E-state index in [2.05, 4.69) is 4.74 Å². The Morgan fingerprint density at radius 2 is 1.88 bits per heavy atom. The molecule has 0 amide bonds. The number of hydrogen-bond donors (Lipinski definition) is 0. The zero-order chi connectivity index (χ0) is 11.6. The molecule has 0 aromatic carbocycles. The summed E-state index contributed by atoms with van der Waals surface area (Å²) in [6.45, 7) is 0.254. The zero-order valence-corrected chi connectivity index (χ0v) is 10.5. The predicted octanol–water partition coefficient (Wildman–Crippen LogP) is 1.55. The van der Waals surface area contributed by atoms with Crippen molar-refractivity contribution in [1.29, 1.82) is 0 Å². The Bertz CT molecular complexity index is 194. The molecule has 0 spiro atoms. The van der Waals surface area contributed by atoms with E-state index in [1.165, 1.54) is 26.4 Å². The molecule has 1 unspecified atom stereocenters. The van der Waals surface area contributed by atoms with Crippen LogP contribution in [-0.4, -0.2) is 36.9 Å². The van der Waals surface area contributed by atoms with E-state index in [-0.39, 0.29) is 25.6 Å². The summed E-state index contributed by atoms with van der Waals surface area (Å²) >= 11 is -1.37. The molecule has 1 rings (SSSR count). The average Bonchev–Trinajstić information content (AvgIpc) is 2.30. The van der Waals surface area contributed by atoms with Crippen molar-refractivity contribution in [3.63, 3.8) is 0 Å². The number of methoxy groups -OCH3 is 1. The van der Waals surface area contributed by atoms with Crippen molar-refractivity contribution in [3.8, 4) is 0 Å². The van der Waals surface area contributed by atoms with E-state index >= 15 is 0 Å². The van der Waals surface area contributed by atoms with Crippen LogP contribution in [0.1, 0.15) is 32.1 Å². The van der Waals surface area contributed by atoms with Crippen molar-refractivity contribution in [2.24, 2.45) is 0 Å². The molecule has 0 saturated heterocycles. The van der Waals surface area contributed by atoms with Gasteiger partial charge in [0.1, 0.15) is 6.79 Å². The van der Waals surface area contributed by atoms with E-state index < -0.39 is 11.1 Å². The van der Waals surface area contributed by atoms with Gasteiger partial charge < -0.3 is 14.2 Å². The van der Waals surface area contributed by atoms with Crippen molar-refractivity contribution >= 4 is 11.1 Å². The van der Waals surface area contributed by atoms with Gasteiger partial charge in [-0.05, 0) is 12.8 Å². The maximum atomic E-state index is 11.4. The first-order chi connectivity index (χ1) is 7.83. The molecule has 1 aliphatic carbocycles. The minimum Gasteiger partial charge on any atom is -0.359 e. The van der Waals surface area contributed by atoms with Crippen LogP contribution in [0.5, 0.6) is 0 Å². The lowest BCUT2D eigenvalue weighted by atomic mass is 9.98. The molecule has 0 bridgehead atoms. The molecule has 16 heavy (non-hydrogen) atoms. The normalized spacial score (nSPS) is 19.8. The van der Waals surface area contributed by atoms with E-state index in [1.807, 2.05) is 0 Å². The zero-order valence-electron chi connectivity index (χ0n) is 9.68. The van der Waals surface area contributed by atoms with Crippen LogP contribution >= 0.6 is 0 Å². The average molecular weight is 252 g/mol. The first-order valence-corrected chi connectivity index (χ1v) is 6.77. The molecule has 5 nitrogen and oxygen atoms in total. The van der Waals surface area contributed by atoms with Crippen molar-refractivity contribution < 1.29 is 22.6 Å². The van der Waals surface area contributed by atoms with Crippen LogP contribution in [0.15, 0.2) is 0 Å². The van der Waals surface area contributed by atoms with Crippen LogP contribution in [-0.2, 0) is 29.5 Å². The van der Waals surface area contributed by atoms with Gasteiger partial charge in [0.2, 0.25) is 0 Å². The van der Waals surface area contributed by atoms with Crippen LogP contribution in [0.3, 0.4) is 0 Å². The highest BCUT2D eigenvalue weighted by Crippen LogP contribution is 2.20. The van der Waals surface area contributed by atoms with Gasteiger partial charge >= 0.3 is 0 Å². The highest BCUT2D eigenvalue weighted by molar-refractivity contribution is 7.80. The van der Waals surface area contributed by atoms with E-state index in [4.69, 9.17) is 13.7 Å². The first kappa shape index (κ1) is 14.1. The van der Waals surface area contributed by atoms with Gasteiger partial charge in [0, 0.05) is 7.11 Å². The number of hydrogen-bond acceptors (Lipinski definition) is 5. The van der Waals surface area contributed by atoms with Crippen LogP contribution < -0.4 is 0 Å². The van der Waals surface area contributed by atoms with Gasteiger partial charge in [-0.25, -0.2) is 4.21 Å². The summed E-state index contributed by atoms with van der Waals surface area (Å²) in [5.41, 5.74) is 0. The highest BCUT2D eigenvalue weighted by atomic mass is 32.2. The van der Waals surface area contributed by atoms with Crippen molar-refractivity contribution in [1.82, 2.24) is 0 Å². The quantitative estimate of drug-likeness (QED) is 0.484. The van der Waals surface area contributed by atoms with Gasteiger partial charge in [-0.3, -0.25) is 4.18 Å². The van der Waals surface area contributed by atoms with Gasteiger partial charge in [0.05, 0.1) is 6.10 Å². The maximum Gasteiger partial charge on any atom is 0.182 e. The van der Waals surface area contributed by atoms with Crippen molar-refractivity contribution in [2.45, 2.75) is 38.2 Å². The molecule has 0 N–H and O–H groups in total. The Hall–Kier alpha value is -0.0100. The van der Waals surface area contributed by atoms with Crippen molar-refractivity contribution in [2.75, 3.05) is 26.6 Å². The Balaban J connectivity index is 1.97. The fourth-order valence-corrected chi connectivity index (χ4v) is 2.37. The minimum atomic E-state index is -1.37. The van der Waals surface area contributed by atoms with Gasteiger partial charge in [-0.1, -0.05) is 19.3 Å². The summed E-state index contributed by atoms with van der Waals surface area (Å²) in [7, 11) is 1.53. The Kier molecular flexibility index (Phi) is 7.96. The van der Waals surface area contributed by atoms with Crippen LogP contribution in [0, 0.1) is 0 Å². The van der Waals surface area contributed by atoms with Gasteiger partial charge in [-0.15, -0.1) is 0 Å². The molecule has 0 aromatic heterocycles. The molecular formula is C10H20O5S. The molecule has 1 fully saturated rings. The summed E-state index contributed by atoms with van der Waals surface area (Å²) in [5.74, 6) is 0.0558. The first-order valence-electron chi connectivity index (χ1n) is 5.53. The second-order valence-corrected chi connectivity index (χ2v) is 4.75. The Morgan fingerprint density at radius 3 is 2.56 bits per heavy atom. The summed E-state index contributed by atoms with van der Waals surface area (Å²) in [5, 5.41) is 0. The van der Waals surface area contributed by atoms with Crippen LogP contribution in [0.4, 0.5) is 0 Å². The maximum absolute atomic E-state index is 11.4. The molecule has 0 aliphatic heterocycles. The van der Waals surface area contributed by atoms with Gasteiger partial charge in [0.25, 0.3) is 0 Å². The molecule has 6 heteroatoms. The standard InChI is InChI=1S/C10H20O5S/c1-12-7-13-8-14-9-16(11)15-10-5-3-2-4-6-10/h10H,2-9H2,1H3. The fourth-order valence-electron chi connectivity index (χ4n) is 1.62. The Morgan fingerprint density at radius 1 is 1.12 bits per heavy atom. The Labute approximate surface area is 99.1 Å². The van der Waals surface area contributed by atoms with E-state index in [1.54, 1.807) is 0 Å². The highest BCUT2D eigenvalue weighted by Gasteiger charge is 2.16. The number of rotatable bonds is 8. The molecule has 0 heterocycles. The second-order valence-electron chi connectivity index (χ2n) is 3.71. The molecule has 1 aliphatic rings. The van der Waals surface area contributed by atoms with E-state index in [9.17, 15) is 4.21 Å². The molecule has 0 aromatic rings.